The first-order chi connectivity index (χ1) is 11.3. The quantitative estimate of drug-likeness (QED) is 0.800. The molecule has 1 aliphatic rings. The average molecular weight is 305 g/mol. The summed E-state index contributed by atoms with van der Waals surface area (Å²) < 4.78 is 0. The standard InChI is InChI=1S/C16H13N5.C2H6/c1-3-13-8-6-9-14(11-13)21-19-16(18-20-21)15-12(2)7-4-5-10-17-15;1-2/h1,5-11H,4H2,2H3;1-2H3. The SMILES string of the molecule is C#Cc1cccc(-n2nnc(C3=NC=CCC=C3C)n2)c1.CC. The monoisotopic (exact) mass is 305 g/mol. The number of aliphatic imine (C=N–C) groups is 1. The van der Waals surface area contributed by atoms with E-state index < -0.39 is 0 Å². The molecule has 0 saturated carbocycles. The molecular weight excluding hydrogens is 286 g/mol. The molecule has 0 bridgehead atoms. The molecule has 0 aliphatic carbocycles. The van der Waals surface area contributed by atoms with E-state index in [1.165, 1.54) is 4.80 Å². The number of hydrogen-bond donors (Lipinski definition) is 0. The summed E-state index contributed by atoms with van der Waals surface area (Å²) in [4.78, 5) is 5.83. The summed E-state index contributed by atoms with van der Waals surface area (Å²) in [5.41, 5.74) is 3.33. The maximum absolute atomic E-state index is 5.40. The maximum Gasteiger partial charge on any atom is 0.223 e. The van der Waals surface area contributed by atoms with Crippen molar-refractivity contribution in [3.63, 3.8) is 0 Å². The van der Waals surface area contributed by atoms with Crippen LogP contribution >= 0.6 is 0 Å². The molecular formula is C18H19N5. The largest absolute Gasteiger partial charge is 0.253 e. The van der Waals surface area contributed by atoms with Crippen molar-refractivity contribution in [2.75, 3.05) is 0 Å². The summed E-state index contributed by atoms with van der Waals surface area (Å²) in [5, 5.41) is 12.6. The molecule has 23 heavy (non-hydrogen) atoms. The second kappa shape index (κ2) is 7.85. The molecule has 0 N–H and O–H groups in total. The highest BCUT2D eigenvalue weighted by atomic mass is 15.6. The van der Waals surface area contributed by atoms with E-state index in [4.69, 9.17) is 6.42 Å². The Hall–Kier alpha value is -3.00. The predicted octanol–water partition coefficient (Wildman–Crippen LogP) is 3.32. The number of terminal acetylenes is 1. The smallest absolute Gasteiger partial charge is 0.223 e. The second-order valence-electron chi connectivity index (χ2n) is 4.58. The van der Waals surface area contributed by atoms with Crippen LogP contribution in [-0.2, 0) is 0 Å². The molecule has 5 heteroatoms. The van der Waals surface area contributed by atoms with Crippen molar-refractivity contribution in [1.82, 2.24) is 20.2 Å². The Balaban J connectivity index is 0.000000924. The van der Waals surface area contributed by atoms with Gasteiger partial charge >= 0.3 is 0 Å². The van der Waals surface area contributed by atoms with Crippen LogP contribution in [0.3, 0.4) is 0 Å². The Bertz CT molecular complexity index is 803. The first-order valence-corrected chi connectivity index (χ1v) is 7.55. The molecule has 0 amide bonds. The number of allylic oxidation sites excluding steroid dienone is 3. The number of benzene rings is 1. The molecule has 3 rings (SSSR count). The van der Waals surface area contributed by atoms with Crippen LogP contribution in [0.15, 0.2) is 53.2 Å². The summed E-state index contributed by atoms with van der Waals surface area (Å²) in [6, 6.07) is 7.44. The minimum Gasteiger partial charge on any atom is -0.253 e. The summed E-state index contributed by atoms with van der Waals surface area (Å²) in [6.07, 6.45) is 12.1. The summed E-state index contributed by atoms with van der Waals surface area (Å²) in [5.74, 6) is 3.09. The van der Waals surface area contributed by atoms with E-state index in [-0.39, 0.29) is 0 Å². The number of hydrogen-bond acceptors (Lipinski definition) is 4. The Morgan fingerprint density at radius 2 is 2.09 bits per heavy atom. The van der Waals surface area contributed by atoms with Crippen LogP contribution in [0, 0.1) is 12.3 Å². The number of rotatable bonds is 2. The van der Waals surface area contributed by atoms with Crippen molar-refractivity contribution in [3.05, 3.63) is 59.6 Å². The van der Waals surface area contributed by atoms with Gasteiger partial charge in [-0.1, -0.05) is 38.0 Å². The van der Waals surface area contributed by atoms with Crippen LogP contribution in [0.4, 0.5) is 0 Å². The average Bonchev–Trinajstić information content (AvgIpc) is 3.00. The Morgan fingerprint density at radius 1 is 1.26 bits per heavy atom. The fourth-order valence-corrected chi connectivity index (χ4v) is 2.00. The van der Waals surface area contributed by atoms with E-state index in [0.717, 1.165) is 29.0 Å². The van der Waals surface area contributed by atoms with Crippen molar-refractivity contribution in [2.24, 2.45) is 4.99 Å². The van der Waals surface area contributed by atoms with Gasteiger partial charge in [0.15, 0.2) is 0 Å². The fraction of sp³-hybridized carbons (Fsp3) is 0.222. The van der Waals surface area contributed by atoms with Gasteiger partial charge in [0, 0.05) is 11.8 Å². The lowest BCUT2D eigenvalue weighted by molar-refractivity contribution is 0.719. The molecule has 2 aromatic rings. The molecule has 0 radical (unpaired) electrons. The molecule has 0 atom stereocenters. The topological polar surface area (TPSA) is 56.0 Å². The molecule has 0 fully saturated rings. The van der Waals surface area contributed by atoms with Gasteiger partial charge in [-0.05, 0) is 42.3 Å². The van der Waals surface area contributed by atoms with E-state index in [1.807, 2.05) is 51.1 Å². The Morgan fingerprint density at radius 3 is 2.87 bits per heavy atom. The molecule has 1 aliphatic heterocycles. The Kier molecular flexibility index (Phi) is 5.59. The fourth-order valence-electron chi connectivity index (χ4n) is 2.00. The van der Waals surface area contributed by atoms with E-state index >= 15 is 0 Å². The molecule has 1 aromatic heterocycles. The van der Waals surface area contributed by atoms with Gasteiger partial charge in [-0.3, -0.25) is 4.99 Å². The van der Waals surface area contributed by atoms with Crippen LogP contribution < -0.4 is 0 Å². The second-order valence-corrected chi connectivity index (χ2v) is 4.58. The van der Waals surface area contributed by atoms with Crippen molar-refractivity contribution in [3.8, 4) is 18.0 Å². The lowest BCUT2D eigenvalue weighted by Crippen LogP contribution is -2.06. The Labute approximate surface area is 136 Å². The van der Waals surface area contributed by atoms with Crippen LogP contribution in [-0.4, -0.2) is 25.9 Å². The molecule has 5 nitrogen and oxygen atoms in total. The molecule has 0 saturated heterocycles. The van der Waals surface area contributed by atoms with Crippen molar-refractivity contribution < 1.29 is 0 Å². The molecule has 2 heterocycles. The van der Waals surface area contributed by atoms with Crippen molar-refractivity contribution >= 4 is 5.71 Å². The van der Waals surface area contributed by atoms with Crippen molar-refractivity contribution in [1.29, 1.82) is 0 Å². The highest BCUT2D eigenvalue weighted by Gasteiger charge is 2.14. The zero-order chi connectivity index (χ0) is 16.7. The first-order valence-electron chi connectivity index (χ1n) is 7.55. The number of aromatic nitrogens is 4. The maximum atomic E-state index is 5.40. The minimum atomic E-state index is 0.501. The van der Waals surface area contributed by atoms with Crippen LogP contribution in [0.1, 0.15) is 38.6 Å². The highest BCUT2D eigenvalue weighted by Crippen LogP contribution is 2.12. The minimum absolute atomic E-state index is 0.501. The van der Waals surface area contributed by atoms with Crippen LogP contribution in [0.25, 0.3) is 5.69 Å². The van der Waals surface area contributed by atoms with E-state index in [9.17, 15) is 0 Å². The number of tetrazole rings is 1. The first kappa shape index (κ1) is 16.4. The van der Waals surface area contributed by atoms with Gasteiger partial charge in [0.25, 0.3) is 0 Å². The van der Waals surface area contributed by atoms with E-state index in [1.54, 1.807) is 6.20 Å². The lowest BCUT2D eigenvalue weighted by atomic mass is 10.1. The van der Waals surface area contributed by atoms with Gasteiger partial charge in [0.2, 0.25) is 5.82 Å². The predicted molar refractivity (Wildman–Crippen MR) is 92.5 cm³/mol. The summed E-state index contributed by atoms with van der Waals surface area (Å²) in [7, 11) is 0. The van der Waals surface area contributed by atoms with Crippen molar-refractivity contribution in [2.45, 2.75) is 27.2 Å². The highest BCUT2D eigenvalue weighted by molar-refractivity contribution is 6.10. The summed E-state index contributed by atoms with van der Waals surface area (Å²) in [6.45, 7) is 5.99. The van der Waals surface area contributed by atoms with Gasteiger partial charge in [-0.25, -0.2) is 0 Å². The van der Waals surface area contributed by atoms with Gasteiger partial charge in [-0.2, -0.15) is 0 Å². The third kappa shape index (κ3) is 3.80. The zero-order valence-corrected chi connectivity index (χ0v) is 13.6. The third-order valence-corrected chi connectivity index (χ3v) is 3.11. The molecule has 0 spiro atoms. The van der Waals surface area contributed by atoms with Crippen LogP contribution in [0.5, 0.6) is 0 Å². The molecule has 1 aromatic carbocycles. The van der Waals surface area contributed by atoms with Gasteiger partial charge in [-0.15, -0.1) is 21.4 Å². The number of nitrogens with zero attached hydrogens (tertiary/aromatic N) is 5. The zero-order valence-electron chi connectivity index (χ0n) is 13.6. The van der Waals surface area contributed by atoms with Crippen LogP contribution in [0.2, 0.25) is 0 Å². The van der Waals surface area contributed by atoms with Gasteiger partial charge in [0.1, 0.15) is 5.71 Å². The third-order valence-electron chi connectivity index (χ3n) is 3.11. The normalized spacial score (nSPS) is 13.1. The summed E-state index contributed by atoms with van der Waals surface area (Å²) >= 11 is 0. The molecule has 116 valence electrons. The van der Waals surface area contributed by atoms with E-state index in [2.05, 4.69) is 32.4 Å². The lowest BCUT2D eigenvalue weighted by Gasteiger charge is -2.00. The molecule has 0 unspecified atom stereocenters. The van der Waals surface area contributed by atoms with E-state index in [0.29, 0.717) is 5.82 Å². The van der Waals surface area contributed by atoms with Gasteiger partial charge in [0.05, 0.1) is 5.69 Å². The van der Waals surface area contributed by atoms with Gasteiger partial charge < -0.3 is 0 Å².